The van der Waals surface area contributed by atoms with E-state index in [0.29, 0.717) is 30.2 Å². The maximum absolute atomic E-state index is 13.3. The lowest BCUT2D eigenvalue weighted by atomic mass is 10.0. The van der Waals surface area contributed by atoms with E-state index in [1.807, 2.05) is 36.1 Å². The van der Waals surface area contributed by atoms with Crippen LogP contribution in [-0.2, 0) is 11.2 Å². The molecule has 0 N–H and O–H groups in total. The number of morpholine rings is 1. The molecular formula is C21H25NO4. The normalized spacial score (nSPS) is 19.9. The van der Waals surface area contributed by atoms with E-state index in [-0.39, 0.29) is 18.1 Å². The van der Waals surface area contributed by atoms with Crippen molar-refractivity contribution < 1.29 is 19.0 Å². The molecule has 1 fully saturated rings. The van der Waals surface area contributed by atoms with Gasteiger partial charge in [-0.25, -0.2) is 0 Å². The number of hydrogen-bond acceptors (Lipinski definition) is 4. The van der Waals surface area contributed by atoms with Crippen molar-refractivity contribution >= 4 is 5.91 Å². The number of carbonyl (C=O) groups is 1. The highest BCUT2D eigenvalue weighted by Crippen LogP contribution is 2.31. The lowest BCUT2D eigenvalue weighted by Gasteiger charge is -2.38. The van der Waals surface area contributed by atoms with Gasteiger partial charge >= 0.3 is 0 Å². The maximum atomic E-state index is 13.3. The zero-order valence-corrected chi connectivity index (χ0v) is 15.5. The van der Waals surface area contributed by atoms with E-state index in [1.54, 1.807) is 26.4 Å². The number of methoxy groups -OCH3 is 2. The lowest BCUT2D eigenvalue weighted by Crippen LogP contribution is -2.51. The first-order chi connectivity index (χ1) is 12.6. The van der Waals surface area contributed by atoms with Gasteiger partial charge in [-0.15, -0.1) is 0 Å². The molecule has 1 amide bonds. The summed E-state index contributed by atoms with van der Waals surface area (Å²) in [5.41, 5.74) is 1.67. The molecule has 5 heteroatoms. The van der Waals surface area contributed by atoms with Gasteiger partial charge in [-0.3, -0.25) is 4.79 Å². The molecule has 0 radical (unpaired) electrons. The molecule has 0 saturated carbocycles. The molecule has 1 aliphatic heterocycles. The zero-order chi connectivity index (χ0) is 18.5. The molecule has 1 saturated heterocycles. The summed E-state index contributed by atoms with van der Waals surface area (Å²) in [6.07, 6.45) is 0.749. The van der Waals surface area contributed by atoms with Crippen LogP contribution in [-0.4, -0.2) is 50.3 Å². The summed E-state index contributed by atoms with van der Waals surface area (Å²) in [7, 11) is 3.12. The minimum absolute atomic E-state index is 0.0101. The number of benzene rings is 2. The molecule has 1 heterocycles. The first-order valence-electron chi connectivity index (χ1n) is 8.81. The number of hydrogen-bond donors (Lipinski definition) is 0. The predicted molar refractivity (Wildman–Crippen MR) is 99.9 cm³/mol. The number of ether oxygens (including phenoxy) is 3. The molecule has 5 nitrogen and oxygen atoms in total. The zero-order valence-electron chi connectivity index (χ0n) is 15.5. The summed E-state index contributed by atoms with van der Waals surface area (Å²) >= 11 is 0. The average Bonchev–Trinajstić information content (AvgIpc) is 2.69. The number of nitrogens with zero attached hydrogens (tertiary/aromatic N) is 1. The Balaban J connectivity index is 1.82. The molecule has 0 spiro atoms. The molecule has 2 aromatic rings. The van der Waals surface area contributed by atoms with Crippen molar-refractivity contribution in [2.24, 2.45) is 0 Å². The van der Waals surface area contributed by atoms with Crippen molar-refractivity contribution in [2.45, 2.75) is 25.5 Å². The second-order valence-electron chi connectivity index (χ2n) is 6.49. The van der Waals surface area contributed by atoms with Crippen LogP contribution in [0.3, 0.4) is 0 Å². The van der Waals surface area contributed by atoms with Gasteiger partial charge in [0.1, 0.15) is 17.1 Å². The third-order valence-corrected chi connectivity index (χ3v) is 4.71. The van der Waals surface area contributed by atoms with Crippen LogP contribution in [0.25, 0.3) is 0 Å². The Labute approximate surface area is 154 Å². The van der Waals surface area contributed by atoms with Gasteiger partial charge in [0.15, 0.2) is 0 Å². The van der Waals surface area contributed by atoms with Gasteiger partial charge in [-0.1, -0.05) is 36.4 Å². The number of amides is 1. The molecule has 1 aliphatic rings. The Hall–Kier alpha value is -2.53. The van der Waals surface area contributed by atoms with Crippen LogP contribution >= 0.6 is 0 Å². The van der Waals surface area contributed by atoms with Crippen LogP contribution in [0.4, 0.5) is 0 Å². The van der Waals surface area contributed by atoms with Crippen LogP contribution in [0, 0.1) is 0 Å². The monoisotopic (exact) mass is 355 g/mol. The Kier molecular flexibility index (Phi) is 5.78. The molecule has 26 heavy (non-hydrogen) atoms. The van der Waals surface area contributed by atoms with Crippen LogP contribution < -0.4 is 9.47 Å². The third-order valence-electron chi connectivity index (χ3n) is 4.71. The summed E-state index contributed by atoms with van der Waals surface area (Å²) in [6.45, 7) is 3.05. The molecule has 0 aliphatic carbocycles. The van der Waals surface area contributed by atoms with Gasteiger partial charge in [0.2, 0.25) is 0 Å². The van der Waals surface area contributed by atoms with E-state index >= 15 is 0 Å². The second kappa shape index (κ2) is 8.23. The van der Waals surface area contributed by atoms with Gasteiger partial charge in [-0.2, -0.15) is 0 Å². The van der Waals surface area contributed by atoms with E-state index in [9.17, 15) is 4.79 Å². The predicted octanol–water partition coefficient (Wildman–Crippen LogP) is 3.18. The quantitative estimate of drug-likeness (QED) is 0.827. The van der Waals surface area contributed by atoms with Crippen LogP contribution in [0.5, 0.6) is 11.5 Å². The topological polar surface area (TPSA) is 48.0 Å². The van der Waals surface area contributed by atoms with E-state index in [1.165, 1.54) is 5.56 Å². The largest absolute Gasteiger partial charge is 0.496 e. The SMILES string of the molecule is COc1cccc(OC)c1C(=O)N1CC(Cc2ccccc2)OCC1C. The molecule has 0 aromatic heterocycles. The average molecular weight is 355 g/mol. The Morgan fingerprint density at radius 1 is 1.08 bits per heavy atom. The van der Waals surface area contributed by atoms with Gasteiger partial charge in [0, 0.05) is 13.0 Å². The van der Waals surface area contributed by atoms with Gasteiger partial charge in [-0.05, 0) is 24.6 Å². The fourth-order valence-corrected chi connectivity index (χ4v) is 3.31. The molecule has 138 valence electrons. The van der Waals surface area contributed by atoms with E-state index < -0.39 is 0 Å². The summed E-state index contributed by atoms with van der Waals surface area (Å²) < 4.78 is 16.8. The standard InChI is InChI=1S/C21H25NO4/c1-15-14-26-17(12-16-8-5-4-6-9-16)13-22(15)21(23)20-18(24-2)10-7-11-19(20)25-3/h4-11,15,17H,12-14H2,1-3H3. The second-order valence-corrected chi connectivity index (χ2v) is 6.49. The van der Waals surface area contributed by atoms with Crippen molar-refractivity contribution in [1.29, 1.82) is 0 Å². The van der Waals surface area contributed by atoms with Gasteiger partial charge in [0.05, 0.1) is 33.0 Å². The number of carbonyl (C=O) groups excluding carboxylic acids is 1. The first kappa shape index (κ1) is 18.3. The third kappa shape index (κ3) is 3.83. The Morgan fingerprint density at radius 2 is 1.73 bits per heavy atom. The maximum Gasteiger partial charge on any atom is 0.261 e. The van der Waals surface area contributed by atoms with E-state index in [2.05, 4.69) is 12.1 Å². The molecule has 2 atom stereocenters. The smallest absolute Gasteiger partial charge is 0.261 e. The highest BCUT2D eigenvalue weighted by Gasteiger charge is 2.33. The number of rotatable bonds is 5. The van der Waals surface area contributed by atoms with Crippen LogP contribution in [0.1, 0.15) is 22.8 Å². The van der Waals surface area contributed by atoms with Gasteiger partial charge in [0.25, 0.3) is 5.91 Å². The molecular weight excluding hydrogens is 330 g/mol. The molecule has 0 bridgehead atoms. The van der Waals surface area contributed by atoms with Crippen molar-refractivity contribution in [3.63, 3.8) is 0 Å². The lowest BCUT2D eigenvalue weighted by molar-refractivity contribution is -0.0465. The summed E-state index contributed by atoms with van der Waals surface area (Å²) in [6, 6.07) is 15.6. The summed E-state index contributed by atoms with van der Waals surface area (Å²) in [5.74, 6) is 0.952. The molecule has 2 aromatic carbocycles. The fourth-order valence-electron chi connectivity index (χ4n) is 3.31. The van der Waals surface area contributed by atoms with Crippen molar-refractivity contribution in [3.8, 4) is 11.5 Å². The van der Waals surface area contributed by atoms with Crippen LogP contribution in [0.2, 0.25) is 0 Å². The van der Waals surface area contributed by atoms with Crippen LogP contribution in [0.15, 0.2) is 48.5 Å². The Morgan fingerprint density at radius 3 is 2.35 bits per heavy atom. The summed E-state index contributed by atoms with van der Waals surface area (Å²) in [4.78, 5) is 15.1. The van der Waals surface area contributed by atoms with Crippen molar-refractivity contribution in [1.82, 2.24) is 4.90 Å². The summed E-state index contributed by atoms with van der Waals surface area (Å²) in [5, 5.41) is 0. The minimum atomic E-state index is -0.0897. The Bertz CT molecular complexity index is 725. The van der Waals surface area contributed by atoms with Crippen molar-refractivity contribution in [2.75, 3.05) is 27.4 Å². The highest BCUT2D eigenvalue weighted by atomic mass is 16.5. The molecule has 3 rings (SSSR count). The van der Waals surface area contributed by atoms with E-state index in [0.717, 1.165) is 6.42 Å². The molecule has 2 unspecified atom stereocenters. The van der Waals surface area contributed by atoms with Gasteiger partial charge < -0.3 is 19.1 Å². The van der Waals surface area contributed by atoms with E-state index in [4.69, 9.17) is 14.2 Å². The first-order valence-corrected chi connectivity index (χ1v) is 8.81. The van der Waals surface area contributed by atoms with Crippen molar-refractivity contribution in [3.05, 3.63) is 59.7 Å². The minimum Gasteiger partial charge on any atom is -0.496 e. The highest BCUT2D eigenvalue weighted by molar-refractivity contribution is 6.00. The fraction of sp³-hybridized carbons (Fsp3) is 0.381.